The van der Waals surface area contributed by atoms with Crippen LogP contribution in [-0.2, 0) is 0 Å². The van der Waals surface area contributed by atoms with Crippen LogP contribution in [0.4, 0.5) is 20.2 Å². The first-order valence-corrected chi connectivity index (χ1v) is 14.2. The predicted molar refractivity (Wildman–Crippen MR) is 156 cm³/mol. The molecule has 0 atom stereocenters. The van der Waals surface area contributed by atoms with E-state index in [0.29, 0.717) is 53.8 Å². The van der Waals surface area contributed by atoms with Crippen LogP contribution in [0.2, 0.25) is 5.15 Å². The van der Waals surface area contributed by atoms with Gasteiger partial charge in [0.05, 0.1) is 16.9 Å². The fraction of sp³-hybridized carbons (Fsp3) is 0.333. The van der Waals surface area contributed by atoms with Crippen molar-refractivity contribution in [1.29, 1.82) is 0 Å². The van der Waals surface area contributed by atoms with Gasteiger partial charge in [0.2, 0.25) is 0 Å². The van der Waals surface area contributed by atoms with Gasteiger partial charge in [0.25, 0.3) is 17.7 Å². The quantitative estimate of drug-likeness (QED) is 0.366. The summed E-state index contributed by atoms with van der Waals surface area (Å²) in [7, 11) is 0. The van der Waals surface area contributed by atoms with E-state index in [1.54, 1.807) is 35.2 Å². The maximum absolute atomic E-state index is 13.8. The summed E-state index contributed by atoms with van der Waals surface area (Å²) in [5.41, 5.74) is 7.67. The van der Waals surface area contributed by atoms with Gasteiger partial charge in [-0.1, -0.05) is 11.6 Å². The molecule has 5 rings (SSSR count). The third-order valence-corrected chi connectivity index (χ3v) is 7.90. The van der Waals surface area contributed by atoms with Crippen molar-refractivity contribution in [3.8, 4) is 0 Å². The van der Waals surface area contributed by atoms with E-state index in [1.807, 2.05) is 4.90 Å². The van der Waals surface area contributed by atoms with Crippen LogP contribution < -0.4 is 21.3 Å². The van der Waals surface area contributed by atoms with Gasteiger partial charge in [-0.05, 0) is 74.2 Å². The van der Waals surface area contributed by atoms with Crippen LogP contribution in [0.5, 0.6) is 0 Å². The van der Waals surface area contributed by atoms with Crippen LogP contribution in [0.25, 0.3) is 0 Å². The van der Waals surface area contributed by atoms with Crippen molar-refractivity contribution < 1.29 is 23.2 Å². The van der Waals surface area contributed by atoms with E-state index in [2.05, 4.69) is 15.6 Å². The Kier molecular flexibility index (Phi) is 8.98. The molecule has 1 saturated heterocycles. The first kappa shape index (κ1) is 29.4. The van der Waals surface area contributed by atoms with Crippen molar-refractivity contribution in [3.63, 3.8) is 0 Å². The number of nitrogens with zero attached hydrogens (tertiary/aromatic N) is 3. The van der Waals surface area contributed by atoms with Crippen LogP contribution in [0.3, 0.4) is 0 Å². The lowest BCUT2D eigenvalue weighted by molar-refractivity contribution is 0.0746. The van der Waals surface area contributed by atoms with Crippen molar-refractivity contribution >= 4 is 40.7 Å². The maximum atomic E-state index is 13.8. The predicted octanol–water partition coefficient (Wildman–Crippen LogP) is 4.23. The van der Waals surface area contributed by atoms with Gasteiger partial charge in [-0.15, -0.1) is 0 Å². The summed E-state index contributed by atoms with van der Waals surface area (Å²) in [6, 6.07) is 11.3. The molecule has 1 aliphatic heterocycles. The minimum Gasteiger partial charge on any atom is -0.366 e. The highest BCUT2D eigenvalue weighted by Crippen LogP contribution is 2.30. The Bertz CT molecular complexity index is 1470. The highest BCUT2D eigenvalue weighted by molar-refractivity contribution is 6.29. The van der Waals surface area contributed by atoms with E-state index in [4.69, 9.17) is 17.3 Å². The Morgan fingerprint density at radius 2 is 1.50 bits per heavy atom. The standard InChI is InChI=1S/C30H31ClF2N6O3/c31-27-10-3-20(17-35-27)30(42)39-13-11-38(12-14-39)26-9-2-19(28(40)36-22-6-4-21(34)5-7-22)16-25(26)37-29(41)18-1-8-23(32)24(33)15-18/h1-3,8-10,15-17,21-22H,4-7,11-14,34H2,(H,36,40)(H,37,41). The van der Waals surface area contributed by atoms with Crippen LogP contribution in [0.1, 0.15) is 56.8 Å². The molecule has 2 heterocycles. The number of nitrogens with one attached hydrogen (secondary N) is 2. The zero-order valence-corrected chi connectivity index (χ0v) is 23.5. The fourth-order valence-electron chi connectivity index (χ4n) is 5.25. The molecule has 2 aliphatic rings. The van der Waals surface area contributed by atoms with Crippen molar-refractivity contribution in [3.05, 3.63) is 88.2 Å². The molecule has 12 heteroatoms. The summed E-state index contributed by atoms with van der Waals surface area (Å²) in [6.45, 7) is 1.72. The van der Waals surface area contributed by atoms with E-state index in [-0.39, 0.29) is 29.5 Å². The monoisotopic (exact) mass is 596 g/mol. The molecule has 3 aromatic rings. The van der Waals surface area contributed by atoms with E-state index < -0.39 is 17.5 Å². The van der Waals surface area contributed by atoms with Gasteiger partial charge in [0.15, 0.2) is 11.6 Å². The summed E-state index contributed by atoms with van der Waals surface area (Å²) in [6.07, 6.45) is 4.69. The Morgan fingerprint density at radius 1 is 0.833 bits per heavy atom. The molecule has 42 heavy (non-hydrogen) atoms. The van der Waals surface area contributed by atoms with Crippen LogP contribution in [0.15, 0.2) is 54.7 Å². The number of pyridine rings is 1. The Hall–Kier alpha value is -4.09. The summed E-state index contributed by atoms with van der Waals surface area (Å²) in [5.74, 6) is -3.30. The fourth-order valence-corrected chi connectivity index (χ4v) is 5.36. The molecular weight excluding hydrogens is 566 g/mol. The zero-order chi connectivity index (χ0) is 29.8. The molecule has 0 radical (unpaired) electrons. The Morgan fingerprint density at radius 3 is 2.17 bits per heavy atom. The summed E-state index contributed by atoms with van der Waals surface area (Å²) in [4.78, 5) is 46.8. The highest BCUT2D eigenvalue weighted by atomic mass is 35.5. The molecular formula is C30H31ClF2N6O3. The van der Waals surface area contributed by atoms with Gasteiger partial charge in [-0.25, -0.2) is 13.8 Å². The number of carbonyl (C=O) groups excluding carboxylic acids is 3. The number of nitrogens with two attached hydrogens (primary N) is 1. The van der Waals surface area contributed by atoms with Crippen molar-refractivity contribution in [2.45, 2.75) is 37.8 Å². The van der Waals surface area contributed by atoms with Gasteiger partial charge in [0.1, 0.15) is 5.15 Å². The first-order chi connectivity index (χ1) is 20.2. The van der Waals surface area contributed by atoms with Crippen LogP contribution in [0, 0.1) is 11.6 Å². The van der Waals surface area contributed by atoms with Crippen molar-refractivity contribution in [2.24, 2.45) is 5.73 Å². The minimum atomic E-state index is -1.14. The molecule has 1 saturated carbocycles. The third-order valence-electron chi connectivity index (χ3n) is 7.68. The number of hydrogen-bond acceptors (Lipinski definition) is 6. The molecule has 9 nitrogen and oxygen atoms in total. The second kappa shape index (κ2) is 12.8. The Labute approximate surface area is 247 Å². The number of amides is 3. The van der Waals surface area contributed by atoms with Gasteiger partial charge in [0, 0.05) is 55.6 Å². The first-order valence-electron chi connectivity index (χ1n) is 13.8. The van der Waals surface area contributed by atoms with Gasteiger partial charge >= 0.3 is 0 Å². The lowest BCUT2D eigenvalue weighted by Gasteiger charge is -2.37. The molecule has 2 aromatic carbocycles. The average molecular weight is 597 g/mol. The topological polar surface area (TPSA) is 121 Å². The third kappa shape index (κ3) is 6.85. The molecule has 1 aromatic heterocycles. The molecule has 1 aliphatic carbocycles. The van der Waals surface area contributed by atoms with E-state index in [9.17, 15) is 23.2 Å². The number of benzene rings is 2. The lowest BCUT2D eigenvalue weighted by atomic mass is 9.91. The Balaban J connectivity index is 1.34. The average Bonchev–Trinajstić information content (AvgIpc) is 2.99. The number of aromatic nitrogens is 1. The number of anilines is 2. The molecule has 2 fully saturated rings. The molecule has 0 bridgehead atoms. The van der Waals surface area contributed by atoms with Crippen LogP contribution >= 0.6 is 11.6 Å². The van der Waals surface area contributed by atoms with Crippen molar-refractivity contribution in [1.82, 2.24) is 15.2 Å². The van der Waals surface area contributed by atoms with Crippen molar-refractivity contribution in [2.75, 3.05) is 36.4 Å². The summed E-state index contributed by atoms with van der Waals surface area (Å²) in [5, 5.41) is 6.12. The molecule has 220 valence electrons. The molecule has 3 amide bonds. The number of hydrogen-bond donors (Lipinski definition) is 3. The second-order valence-corrected chi connectivity index (χ2v) is 10.9. The lowest BCUT2D eigenvalue weighted by Crippen LogP contribution is -2.49. The molecule has 0 spiro atoms. The normalized spacial score (nSPS) is 18.9. The smallest absolute Gasteiger partial charge is 0.255 e. The largest absolute Gasteiger partial charge is 0.366 e. The number of halogens is 3. The molecule has 0 unspecified atom stereocenters. The van der Waals surface area contributed by atoms with Gasteiger partial charge in [-0.3, -0.25) is 14.4 Å². The summed E-state index contributed by atoms with van der Waals surface area (Å²) < 4.78 is 27.3. The van der Waals surface area contributed by atoms with E-state index in [0.717, 1.165) is 37.8 Å². The molecule has 4 N–H and O–H groups in total. The number of piperazine rings is 1. The van der Waals surface area contributed by atoms with E-state index in [1.165, 1.54) is 12.3 Å². The zero-order valence-electron chi connectivity index (χ0n) is 22.8. The van der Waals surface area contributed by atoms with Gasteiger partial charge in [-0.2, -0.15) is 0 Å². The highest BCUT2D eigenvalue weighted by Gasteiger charge is 2.26. The number of carbonyl (C=O) groups is 3. The maximum Gasteiger partial charge on any atom is 0.255 e. The minimum absolute atomic E-state index is 0.0127. The SMILES string of the molecule is NC1CCC(NC(=O)c2ccc(N3CCN(C(=O)c4ccc(Cl)nc4)CC3)c(NC(=O)c3ccc(F)c(F)c3)c2)CC1. The van der Waals surface area contributed by atoms with E-state index >= 15 is 0 Å². The van der Waals surface area contributed by atoms with Gasteiger partial charge < -0.3 is 26.2 Å². The second-order valence-electron chi connectivity index (χ2n) is 10.5. The summed E-state index contributed by atoms with van der Waals surface area (Å²) >= 11 is 5.84. The number of rotatable bonds is 6. The van der Waals surface area contributed by atoms with Crippen LogP contribution in [-0.4, -0.2) is 65.9 Å².